The van der Waals surface area contributed by atoms with E-state index >= 15 is 0 Å². The first-order valence-electron chi connectivity index (χ1n) is 8.40. The highest BCUT2D eigenvalue weighted by Gasteiger charge is 2.33. The predicted molar refractivity (Wildman–Crippen MR) is 98.3 cm³/mol. The molecule has 0 spiro atoms. The zero-order chi connectivity index (χ0) is 19.6. The van der Waals surface area contributed by atoms with Crippen LogP contribution in [-0.2, 0) is 9.53 Å². The van der Waals surface area contributed by atoms with Crippen LogP contribution >= 0.6 is 11.6 Å². The van der Waals surface area contributed by atoms with E-state index in [1.54, 1.807) is 18.2 Å². The first-order chi connectivity index (χ1) is 13.0. The molecule has 0 aliphatic heterocycles. The second kappa shape index (κ2) is 7.72. The number of amides is 1. The highest BCUT2D eigenvalue weighted by Crippen LogP contribution is 2.34. The van der Waals surface area contributed by atoms with E-state index in [0.29, 0.717) is 12.1 Å². The molecule has 138 valence electrons. The van der Waals surface area contributed by atoms with Gasteiger partial charge < -0.3 is 10.1 Å². The van der Waals surface area contributed by atoms with Gasteiger partial charge in [0.1, 0.15) is 0 Å². The Balaban J connectivity index is 1.89. The summed E-state index contributed by atoms with van der Waals surface area (Å²) in [7, 11) is 0. The van der Waals surface area contributed by atoms with Gasteiger partial charge in [0.25, 0.3) is 5.91 Å². The normalized spacial score (nSPS) is 12.2. The SMILES string of the molecule is CCCNC(=O)COC(=O)c1ccc2c(c1Cl)C(=O)c1ccccc1C2=O. The van der Waals surface area contributed by atoms with Crippen LogP contribution in [-0.4, -0.2) is 36.6 Å². The lowest BCUT2D eigenvalue weighted by Crippen LogP contribution is -2.29. The van der Waals surface area contributed by atoms with E-state index in [9.17, 15) is 19.2 Å². The number of hydrogen-bond donors (Lipinski definition) is 1. The third kappa shape index (κ3) is 3.48. The zero-order valence-electron chi connectivity index (χ0n) is 14.5. The average molecular weight is 386 g/mol. The Bertz CT molecular complexity index is 967. The fourth-order valence-corrected chi connectivity index (χ4v) is 3.16. The monoisotopic (exact) mass is 385 g/mol. The van der Waals surface area contributed by atoms with Crippen LogP contribution in [0.15, 0.2) is 36.4 Å². The topological polar surface area (TPSA) is 89.5 Å². The Hall–Kier alpha value is -2.99. The largest absolute Gasteiger partial charge is 0.452 e. The van der Waals surface area contributed by atoms with Crippen LogP contribution in [0.2, 0.25) is 5.02 Å². The zero-order valence-corrected chi connectivity index (χ0v) is 15.3. The summed E-state index contributed by atoms with van der Waals surface area (Å²) in [5, 5.41) is 2.43. The van der Waals surface area contributed by atoms with Crippen LogP contribution in [0.25, 0.3) is 0 Å². The molecule has 0 fully saturated rings. The van der Waals surface area contributed by atoms with Crippen LogP contribution in [0.3, 0.4) is 0 Å². The van der Waals surface area contributed by atoms with Crippen LogP contribution in [0.1, 0.15) is 55.5 Å². The van der Waals surface area contributed by atoms with Crippen LogP contribution in [0.5, 0.6) is 0 Å². The Labute approximate surface area is 160 Å². The van der Waals surface area contributed by atoms with Crippen molar-refractivity contribution in [2.24, 2.45) is 0 Å². The molecule has 1 N–H and O–H groups in total. The summed E-state index contributed by atoms with van der Waals surface area (Å²) in [6, 6.07) is 9.14. The van der Waals surface area contributed by atoms with Gasteiger partial charge in [0, 0.05) is 23.2 Å². The second-order valence-corrected chi connectivity index (χ2v) is 6.36. The van der Waals surface area contributed by atoms with E-state index in [4.69, 9.17) is 16.3 Å². The molecule has 27 heavy (non-hydrogen) atoms. The van der Waals surface area contributed by atoms with Crippen LogP contribution in [0.4, 0.5) is 0 Å². The number of ketones is 2. The molecule has 7 heteroatoms. The van der Waals surface area contributed by atoms with Gasteiger partial charge in [-0.3, -0.25) is 14.4 Å². The molecule has 0 aromatic heterocycles. The summed E-state index contributed by atoms with van der Waals surface area (Å²) in [6.07, 6.45) is 0.758. The maximum absolute atomic E-state index is 12.8. The lowest BCUT2D eigenvalue weighted by molar-refractivity contribution is -0.124. The molecular weight excluding hydrogens is 370 g/mol. The number of fused-ring (bicyclic) bond motifs is 2. The fraction of sp³-hybridized carbons (Fsp3) is 0.200. The van der Waals surface area contributed by atoms with Crippen LogP contribution < -0.4 is 5.32 Å². The Morgan fingerprint density at radius 1 is 1.00 bits per heavy atom. The van der Waals surface area contributed by atoms with Crippen molar-refractivity contribution < 1.29 is 23.9 Å². The standard InChI is InChI=1S/C20H16ClNO5/c1-2-9-22-15(23)10-27-20(26)14-8-7-13-16(17(14)21)19(25)12-6-4-3-5-11(12)18(13)24/h3-8H,2,9-10H2,1H3,(H,22,23). The van der Waals surface area contributed by atoms with Crippen molar-refractivity contribution in [1.82, 2.24) is 5.32 Å². The quantitative estimate of drug-likeness (QED) is 0.682. The molecule has 1 aliphatic rings. The highest BCUT2D eigenvalue weighted by molar-refractivity contribution is 6.41. The molecule has 0 saturated heterocycles. The molecule has 0 radical (unpaired) electrons. The molecule has 1 amide bonds. The highest BCUT2D eigenvalue weighted by atomic mass is 35.5. The molecule has 6 nitrogen and oxygen atoms in total. The number of esters is 1. The van der Waals surface area contributed by atoms with Gasteiger partial charge >= 0.3 is 5.97 Å². The predicted octanol–water partition coefficient (Wildman–Crippen LogP) is 2.80. The molecule has 2 aromatic carbocycles. The minimum Gasteiger partial charge on any atom is -0.452 e. The molecule has 0 atom stereocenters. The van der Waals surface area contributed by atoms with Gasteiger partial charge in [0.05, 0.1) is 16.1 Å². The van der Waals surface area contributed by atoms with Gasteiger partial charge in [-0.25, -0.2) is 4.79 Å². The van der Waals surface area contributed by atoms with Crippen molar-refractivity contribution in [2.75, 3.05) is 13.2 Å². The third-order valence-corrected chi connectivity index (χ3v) is 4.55. The fourth-order valence-electron chi connectivity index (χ4n) is 2.83. The van der Waals surface area contributed by atoms with Crippen LogP contribution in [0, 0.1) is 0 Å². The molecule has 0 unspecified atom stereocenters. The summed E-state index contributed by atoms with van der Waals surface area (Å²) in [5.74, 6) is -2.03. The smallest absolute Gasteiger partial charge is 0.340 e. The van der Waals surface area contributed by atoms with E-state index in [-0.39, 0.29) is 33.1 Å². The van der Waals surface area contributed by atoms with E-state index in [1.807, 2.05) is 6.92 Å². The number of benzene rings is 2. The Morgan fingerprint density at radius 2 is 1.67 bits per heavy atom. The molecule has 0 saturated carbocycles. The Morgan fingerprint density at radius 3 is 2.33 bits per heavy atom. The van der Waals surface area contributed by atoms with Gasteiger partial charge in [0.15, 0.2) is 18.2 Å². The van der Waals surface area contributed by atoms with Gasteiger partial charge in [-0.15, -0.1) is 0 Å². The second-order valence-electron chi connectivity index (χ2n) is 5.98. The van der Waals surface area contributed by atoms with Crippen molar-refractivity contribution in [3.05, 3.63) is 69.2 Å². The van der Waals surface area contributed by atoms with E-state index < -0.39 is 24.3 Å². The summed E-state index contributed by atoms with van der Waals surface area (Å²) < 4.78 is 4.96. The minimum absolute atomic E-state index is 0.0229. The number of carbonyl (C=O) groups excluding carboxylic acids is 4. The lowest BCUT2D eigenvalue weighted by Gasteiger charge is -2.19. The summed E-state index contributed by atoms with van der Waals surface area (Å²) in [5.41, 5.74) is 0.584. The van der Waals surface area contributed by atoms with Gasteiger partial charge in [-0.1, -0.05) is 42.8 Å². The Kier molecular flexibility index (Phi) is 5.37. The minimum atomic E-state index is -0.839. The van der Waals surface area contributed by atoms with E-state index in [0.717, 1.165) is 6.42 Å². The summed E-state index contributed by atoms with van der Waals surface area (Å²) in [4.78, 5) is 49.3. The molecular formula is C20H16ClNO5. The number of nitrogens with one attached hydrogen (secondary N) is 1. The van der Waals surface area contributed by atoms with Gasteiger partial charge in [-0.2, -0.15) is 0 Å². The van der Waals surface area contributed by atoms with E-state index in [2.05, 4.69) is 5.32 Å². The average Bonchev–Trinajstić information content (AvgIpc) is 2.68. The number of ether oxygens (including phenoxy) is 1. The maximum Gasteiger partial charge on any atom is 0.340 e. The third-order valence-electron chi connectivity index (χ3n) is 4.16. The van der Waals surface area contributed by atoms with Crippen molar-refractivity contribution in [2.45, 2.75) is 13.3 Å². The number of carbonyl (C=O) groups is 4. The number of hydrogen-bond acceptors (Lipinski definition) is 5. The summed E-state index contributed by atoms with van der Waals surface area (Å²) in [6.45, 7) is 1.92. The van der Waals surface area contributed by atoms with Crippen molar-refractivity contribution in [3.8, 4) is 0 Å². The van der Waals surface area contributed by atoms with Gasteiger partial charge in [0.2, 0.25) is 0 Å². The lowest BCUT2D eigenvalue weighted by atomic mass is 9.83. The van der Waals surface area contributed by atoms with E-state index in [1.165, 1.54) is 18.2 Å². The molecule has 3 rings (SSSR count). The molecule has 0 heterocycles. The molecule has 2 aromatic rings. The first-order valence-corrected chi connectivity index (χ1v) is 8.78. The van der Waals surface area contributed by atoms with Crippen molar-refractivity contribution in [3.63, 3.8) is 0 Å². The molecule has 0 bridgehead atoms. The first kappa shape index (κ1) is 18.8. The summed E-state index contributed by atoms with van der Waals surface area (Å²) >= 11 is 6.27. The number of halogens is 1. The number of rotatable bonds is 5. The van der Waals surface area contributed by atoms with Crippen molar-refractivity contribution >= 4 is 35.0 Å². The van der Waals surface area contributed by atoms with Crippen molar-refractivity contribution in [1.29, 1.82) is 0 Å². The van der Waals surface area contributed by atoms with Gasteiger partial charge in [-0.05, 0) is 18.6 Å². The maximum atomic E-state index is 12.8. The molecule has 1 aliphatic carbocycles.